The first-order valence-corrected chi connectivity index (χ1v) is 8.11. The van der Waals surface area contributed by atoms with Crippen molar-refractivity contribution in [2.45, 2.75) is 17.5 Å². The number of amides is 3. The van der Waals surface area contributed by atoms with Crippen LogP contribution in [0.1, 0.15) is 16.8 Å². The summed E-state index contributed by atoms with van der Waals surface area (Å²) in [5.74, 6) is -0.463. The SMILES string of the molecule is CSc1ncccc1C(=O)N1CCC(N2C(=O)COC2=O)C1. The van der Waals surface area contributed by atoms with Crippen LogP contribution in [0.5, 0.6) is 0 Å². The standard InChI is InChI=1S/C14H15N3O4S/c1-22-12-10(3-2-5-15-12)13(19)16-6-4-9(7-16)17-11(18)8-21-14(17)20/h2-3,5,9H,4,6-8H2,1H3. The maximum Gasteiger partial charge on any atom is 0.417 e. The fourth-order valence-corrected chi connectivity index (χ4v) is 3.28. The first kappa shape index (κ1) is 14.8. The number of hydrogen-bond acceptors (Lipinski definition) is 6. The Morgan fingerprint density at radius 1 is 1.45 bits per heavy atom. The van der Waals surface area contributed by atoms with E-state index >= 15 is 0 Å². The first-order valence-electron chi connectivity index (χ1n) is 6.89. The van der Waals surface area contributed by atoms with E-state index in [4.69, 9.17) is 4.74 Å². The summed E-state index contributed by atoms with van der Waals surface area (Å²) in [6.45, 7) is 0.633. The fourth-order valence-electron chi connectivity index (χ4n) is 2.74. The molecule has 0 saturated carbocycles. The van der Waals surface area contributed by atoms with Gasteiger partial charge in [0.05, 0.1) is 11.6 Å². The number of thioether (sulfide) groups is 1. The Kier molecular flexibility index (Phi) is 4.02. The highest BCUT2D eigenvalue weighted by atomic mass is 32.2. The van der Waals surface area contributed by atoms with Gasteiger partial charge < -0.3 is 9.64 Å². The molecule has 1 aromatic rings. The van der Waals surface area contributed by atoms with Crippen molar-refractivity contribution in [1.82, 2.24) is 14.8 Å². The molecule has 0 aromatic carbocycles. The third-order valence-electron chi connectivity index (χ3n) is 3.80. The van der Waals surface area contributed by atoms with E-state index in [0.717, 1.165) is 4.90 Å². The Labute approximate surface area is 131 Å². The summed E-state index contributed by atoms with van der Waals surface area (Å²) in [7, 11) is 0. The lowest BCUT2D eigenvalue weighted by Crippen LogP contribution is -2.42. The van der Waals surface area contributed by atoms with Gasteiger partial charge in [0, 0.05) is 19.3 Å². The quantitative estimate of drug-likeness (QED) is 0.773. The number of hydrogen-bond donors (Lipinski definition) is 0. The fraction of sp³-hybridized carbons (Fsp3) is 0.429. The number of ether oxygens (including phenoxy) is 1. The van der Waals surface area contributed by atoms with Gasteiger partial charge in [-0.3, -0.25) is 9.59 Å². The van der Waals surface area contributed by atoms with Gasteiger partial charge in [-0.25, -0.2) is 14.7 Å². The minimum Gasteiger partial charge on any atom is -0.439 e. The summed E-state index contributed by atoms with van der Waals surface area (Å²) < 4.78 is 4.73. The Morgan fingerprint density at radius 2 is 2.27 bits per heavy atom. The molecule has 1 unspecified atom stereocenters. The van der Waals surface area contributed by atoms with E-state index < -0.39 is 6.09 Å². The number of carbonyl (C=O) groups excluding carboxylic acids is 3. The van der Waals surface area contributed by atoms with Crippen LogP contribution in [0.4, 0.5) is 4.79 Å². The largest absolute Gasteiger partial charge is 0.439 e. The number of carbonyl (C=O) groups is 3. The van der Waals surface area contributed by atoms with Gasteiger partial charge in [0.2, 0.25) is 0 Å². The Hall–Kier alpha value is -2.09. The highest BCUT2D eigenvalue weighted by molar-refractivity contribution is 7.98. The predicted octanol–water partition coefficient (Wildman–Crippen LogP) is 0.997. The third-order valence-corrected chi connectivity index (χ3v) is 4.51. The normalized spacial score (nSPS) is 21.4. The lowest BCUT2D eigenvalue weighted by atomic mass is 10.2. The average molecular weight is 321 g/mol. The van der Waals surface area contributed by atoms with Gasteiger partial charge in [0.25, 0.3) is 11.8 Å². The summed E-state index contributed by atoms with van der Waals surface area (Å²) in [6.07, 6.45) is 3.47. The van der Waals surface area contributed by atoms with Crippen LogP contribution in [-0.4, -0.2) is 64.7 Å². The molecule has 3 rings (SSSR count). The van der Waals surface area contributed by atoms with Crippen molar-refractivity contribution in [1.29, 1.82) is 0 Å². The molecule has 2 saturated heterocycles. The summed E-state index contributed by atoms with van der Waals surface area (Å²) in [4.78, 5) is 42.8. The van der Waals surface area contributed by atoms with Crippen LogP contribution in [0.3, 0.4) is 0 Å². The maximum atomic E-state index is 12.6. The van der Waals surface area contributed by atoms with E-state index in [1.54, 1.807) is 23.2 Å². The second kappa shape index (κ2) is 5.96. The predicted molar refractivity (Wildman–Crippen MR) is 78.5 cm³/mol. The monoisotopic (exact) mass is 321 g/mol. The molecule has 0 radical (unpaired) electrons. The van der Waals surface area contributed by atoms with Crippen LogP contribution in [0.15, 0.2) is 23.4 Å². The lowest BCUT2D eigenvalue weighted by molar-refractivity contribution is -0.127. The van der Waals surface area contributed by atoms with Gasteiger partial charge in [-0.2, -0.15) is 0 Å². The molecule has 2 fully saturated rings. The zero-order chi connectivity index (χ0) is 15.7. The molecule has 3 heterocycles. The van der Waals surface area contributed by atoms with Crippen molar-refractivity contribution in [3.05, 3.63) is 23.9 Å². The molecule has 7 nitrogen and oxygen atoms in total. The molecule has 0 bridgehead atoms. The molecular formula is C14H15N3O4S. The molecule has 22 heavy (non-hydrogen) atoms. The van der Waals surface area contributed by atoms with Crippen molar-refractivity contribution in [3.8, 4) is 0 Å². The van der Waals surface area contributed by atoms with Gasteiger partial charge in [0.15, 0.2) is 6.61 Å². The number of rotatable bonds is 3. The van der Waals surface area contributed by atoms with Crippen molar-refractivity contribution in [3.63, 3.8) is 0 Å². The Bertz CT molecular complexity index is 620. The van der Waals surface area contributed by atoms with Crippen molar-refractivity contribution < 1.29 is 19.1 Å². The highest BCUT2D eigenvalue weighted by Gasteiger charge is 2.41. The summed E-state index contributed by atoms with van der Waals surface area (Å²) in [5, 5.41) is 0.674. The van der Waals surface area contributed by atoms with Crippen LogP contribution in [0, 0.1) is 0 Å². The topological polar surface area (TPSA) is 79.8 Å². The molecule has 8 heteroatoms. The molecule has 116 valence electrons. The summed E-state index contributed by atoms with van der Waals surface area (Å²) in [5.41, 5.74) is 0.547. The van der Waals surface area contributed by atoms with Gasteiger partial charge in [-0.05, 0) is 24.8 Å². The van der Waals surface area contributed by atoms with Gasteiger partial charge in [-0.15, -0.1) is 11.8 Å². The number of likely N-dealkylation sites (tertiary alicyclic amines) is 1. The first-order chi connectivity index (χ1) is 10.6. The van der Waals surface area contributed by atoms with E-state index in [1.165, 1.54) is 11.8 Å². The van der Waals surface area contributed by atoms with Gasteiger partial charge in [-0.1, -0.05) is 0 Å². The van der Waals surface area contributed by atoms with Gasteiger partial charge >= 0.3 is 6.09 Å². The number of cyclic esters (lactones) is 1. The minimum absolute atomic E-state index is 0.125. The maximum absolute atomic E-state index is 12.6. The second-order valence-electron chi connectivity index (χ2n) is 5.07. The highest BCUT2D eigenvalue weighted by Crippen LogP contribution is 2.24. The number of pyridine rings is 1. The zero-order valence-electron chi connectivity index (χ0n) is 12.0. The molecule has 0 spiro atoms. The smallest absolute Gasteiger partial charge is 0.417 e. The minimum atomic E-state index is -0.615. The molecule has 1 aromatic heterocycles. The van der Waals surface area contributed by atoms with Crippen LogP contribution >= 0.6 is 11.8 Å². The number of imide groups is 1. The van der Waals surface area contributed by atoms with E-state index in [1.807, 2.05) is 6.26 Å². The van der Waals surface area contributed by atoms with Crippen molar-refractivity contribution in [2.24, 2.45) is 0 Å². The summed E-state index contributed by atoms with van der Waals surface area (Å²) in [6, 6.07) is 3.16. The molecular weight excluding hydrogens is 306 g/mol. The third kappa shape index (κ3) is 2.54. The Balaban J connectivity index is 1.74. The molecule has 1 atom stereocenters. The zero-order valence-corrected chi connectivity index (χ0v) is 12.8. The van der Waals surface area contributed by atoms with Crippen LogP contribution < -0.4 is 0 Å². The molecule has 2 aliphatic rings. The molecule has 2 aliphatic heterocycles. The van der Waals surface area contributed by atoms with E-state index in [2.05, 4.69) is 4.98 Å². The van der Waals surface area contributed by atoms with Crippen molar-refractivity contribution >= 4 is 29.7 Å². The van der Waals surface area contributed by atoms with Gasteiger partial charge in [0.1, 0.15) is 5.03 Å². The lowest BCUT2D eigenvalue weighted by Gasteiger charge is -2.21. The number of nitrogens with zero attached hydrogens (tertiary/aromatic N) is 3. The van der Waals surface area contributed by atoms with E-state index in [-0.39, 0.29) is 24.5 Å². The average Bonchev–Trinajstić information content (AvgIpc) is 3.13. The van der Waals surface area contributed by atoms with Crippen molar-refractivity contribution in [2.75, 3.05) is 26.0 Å². The van der Waals surface area contributed by atoms with Crippen LogP contribution in [-0.2, 0) is 9.53 Å². The molecule has 0 N–H and O–H groups in total. The van der Waals surface area contributed by atoms with Crippen LogP contribution in [0.25, 0.3) is 0 Å². The second-order valence-corrected chi connectivity index (χ2v) is 5.87. The van der Waals surface area contributed by atoms with E-state index in [0.29, 0.717) is 30.1 Å². The Morgan fingerprint density at radius 3 is 2.95 bits per heavy atom. The molecule has 3 amide bonds. The number of aromatic nitrogens is 1. The van der Waals surface area contributed by atoms with Crippen LogP contribution in [0.2, 0.25) is 0 Å². The molecule has 0 aliphatic carbocycles. The van der Waals surface area contributed by atoms with E-state index in [9.17, 15) is 14.4 Å². The summed E-state index contributed by atoms with van der Waals surface area (Å²) >= 11 is 1.41.